The third kappa shape index (κ3) is 3.15. The van der Waals surface area contributed by atoms with Gasteiger partial charge in [0.25, 0.3) is 0 Å². The molecule has 20 heavy (non-hydrogen) atoms. The van der Waals surface area contributed by atoms with E-state index in [1.165, 1.54) is 0 Å². The van der Waals surface area contributed by atoms with Crippen molar-refractivity contribution in [1.82, 2.24) is 0 Å². The van der Waals surface area contributed by atoms with E-state index in [-0.39, 0.29) is 17.2 Å². The zero-order valence-electron chi connectivity index (χ0n) is 11.5. The summed E-state index contributed by atoms with van der Waals surface area (Å²) in [7, 11) is 0. The van der Waals surface area contributed by atoms with E-state index in [0.29, 0.717) is 5.56 Å². The van der Waals surface area contributed by atoms with E-state index >= 15 is 0 Å². The Morgan fingerprint density at radius 2 is 1.70 bits per heavy atom. The molecule has 0 radical (unpaired) electrons. The largest absolute Gasteiger partial charge is 0.508 e. The third-order valence-corrected chi connectivity index (χ3v) is 3.37. The minimum atomic E-state index is -0.439. The highest BCUT2D eigenvalue weighted by molar-refractivity contribution is 5.43. The third-order valence-electron chi connectivity index (χ3n) is 3.37. The van der Waals surface area contributed by atoms with Crippen molar-refractivity contribution in [2.24, 2.45) is 0 Å². The number of benzene rings is 2. The van der Waals surface area contributed by atoms with Gasteiger partial charge in [-0.15, -0.1) is 0 Å². The maximum Gasteiger partial charge on any atom is 0.214 e. The summed E-state index contributed by atoms with van der Waals surface area (Å²) in [6, 6.07) is 12.8. The maximum absolute atomic E-state index is 10.9. The average Bonchev–Trinajstić information content (AvgIpc) is 2.40. The SMILES string of the molecule is Cc1ccc(C(C[N+](=O)[O-])c2cc(C)ccc2O)cc1. The molecule has 1 unspecified atom stereocenters. The number of hydrogen-bond acceptors (Lipinski definition) is 3. The van der Waals surface area contributed by atoms with Crippen molar-refractivity contribution in [3.05, 3.63) is 74.8 Å². The van der Waals surface area contributed by atoms with Crippen LogP contribution in [0.25, 0.3) is 0 Å². The molecule has 0 spiro atoms. The Morgan fingerprint density at radius 1 is 1.10 bits per heavy atom. The smallest absolute Gasteiger partial charge is 0.214 e. The first-order valence-corrected chi connectivity index (χ1v) is 6.45. The molecule has 0 aliphatic rings. The van der Waals surface area contributed by atoms with Crippen molar-refractivity contribution in [3.63, 3.8) is 0 Å². The van der Waals surface area contributed by atoms with Crippen LogP contribution in [0.5, 0.6) is 5.75 Å². The standard InChI is InChI=1S/C16H17NO3/c1-11-3-6-13(7-4-11)15(10-17(19)20)14-9-12(2)5-8-16(14)18/h3-9,15,18H,10H2,1-2H3. The molecule has 0 amide bonds. The molecule has 4 heteroatoms. The molecule has 0 aliphatic heterocycles. The number of nitrogens with zero attached hydrogens (tertiary/aromatic N) is 1. The molecular formula is C16H17NO3. The molecule has 0 bridgehead atoms. The van der Waals surface area contributed by atoms with E-state index in [4.69, 9.17) is 0 Å². The van der Waals surface area contributed by atoms with Crippen molar-refractivity contribution in [1.29, 1.82) is 0 Å². The quantitative estimate of drug-likeness (QED) is 0.684. The van der Waals surface area contributed by atoms with Crippen LogP contribution in [-0.2, 0) is 0 Å². The number of nitro groups is 1. The van der Waals surface area contributed by atoms with Crippen LogP contribution in [0.4, 0.5) is 0 Å². The summed E-state index contributed by atoms with van der Waals surface area (Å²) in [5.41, 5.74) is 3.51. The van der Waals surface area contributed by atoms with Crippen molar-refractivity contribution < 1.29 is 10.0 Å². The normalized spacial score (nSPS) is 12.1. The molecule has 2 aromatic carbocycles. The first-order valence-electron chi connectivity index (χ1n) is 6.45. The molecule has 0 heterocycles. The molecule has 0 aromatic heterocycles. The Hall–Kier alpha value is -2.36. The first-order chi connectivity index (χ1) is 9.47. The van der Waals surface area contributed by atoms with Gasteiger partial charge in [0.1, 0.15) is 5.75 Å². The molecule has 104 valence electrons. The fourth-order valence-corrected chi connectivity index (χ4v) is 2.28. The zero-order chi connectivity index (χ0) is 14.7. The highest BCUT2D eigenvalue weighted by Crippen LogP contribution is 2.32. The monoisotopic (exact) mass is 271 g/mol. The predicted molar refractivity (Wildman–Crippen MR) is 77.7 cm³/mol. The van der Waals surface area contributed by atoms with E-state index in [0.717, 1.165) is 16.7 Å². The van der Waals surface area contributed by atoms with Crippen LogP contribution in [0.15, 0.2) is 42.5 Å². The van der Waals surface area contributed by atoms with Crippen LogP contribution in [0.1, 0.15) is 28.2 Å². The summed E-state index contributed by atoms with van der Waals surface area (Å²) in [6.07, 6.45) is 0. The number of rotatable bonds is 4. The van der Waals surface area contributed by atoms with E-state index in [2.05, 4.69) is 0 Å². The lowest BCUT2D eigenvalue weighted by Crippen LogP contribution is -2.14. The topological polar surface area (TPSA) is 63.4 Å². The van der Waals surface area contributed by atoms with Crippen LogP contribution in [0.3, 0.4) is 0 Å². The summed E-state index contributed by atoms with van der Waals surface area (Å²) in [5, 5.41) is 21.0. The van der Waals surface area contributed by atoms with Gasteiger partial charge in [0.2, 0.25) is 6.54 Å². The van der Waals surface area contributed by atoms with Gasteiger partial charge in [-0.3, -0.25) is 10.1 Å². The fourth-order valence-electron chi connectivity index (χ4n) is 2.28. The zero-order valence-corrected chi connectivity index (χ0v) is 11.5. The van der Waals surface area contributed by atoms with Crippen LogP contribution in [0, 0.1) is 24.0 Å². The van der Waals surface area contributed by atoms with Gasteiger partial charge in [-0.1, -0.05) is 47.5 Å². The Labute approximate surface area is 117 Å². The number of phenolic OH excluding ortho intramolecular Hbond substituents is 1. The molecule has 1 atom stereocenters. The summed E-state index contributed by atoms with van der Waals surface area (Å²) in [6.45, 7) is 3.64. The van der Waals surface area contributed by atoms with Crippen LogP contribution in [0.2, 0.25) is 0 Å². The van der Waals surface area contributed by atoms with Gasteiger partial charge in [0.15, 0.2) is 0 Å². The average molecular weight is 271 g/mol. The molecule has 0 aliphatic carbocycles. The maximum atomic E-state index is 10.9. The lowest BCUT2D eigenvalue weighted by molar-refractivity contribution is -0.481. The molecule has 0 saturated heterocycles. The molecule has 1 N–H and O–H groups in total. The number of hydrogen-bond donors (Lipinski definition) is 1. The van der Waals surface area contributed by atoms with Crippen LogP contribution >= 0.6 is 0 Å². The number of aryl methyl sites for hydroxylation is 2. The van der Waals surface area contributed by atoms with Gasteiger partial charge in [0, 0.05) is 10.5 Å². The molecule has 0 fully saturated rings. The van der Waals surface area contributed by atoms with Crippen molar-refractivity contribution in [2.75, 3.05) is 6.54 Å². The first kappa shape index (κ1) is 14.1. The second kappa shape index (κ2) is 5.74. The lowest BCUT2D eigenvalue weighted by Gasteiger charge is -2.16. The molecule has 2 aromatic rings. The summed E-state index contributed by atoms with van der Waals surface area (Å²) >= 11 is 0. The van der Waals surface area contributed by atoms with Crippen molar-refractivity contribution >= 4 is 0 Å². The summed E-state index contributed by atoms with van der Waals surface area (Å²) in [4.78, 5) is 10.6. The van der Waals surface area contributed by atoms with Gasteiger partial charge in [-0.05, 0) is 25.5 Å². The van der Waals surface area contributed by atoms with Gasteiger partial charge in [-0.25, -0.2) is 0 Å². The van der Waals surface area contributed by atoms with E-state index < -0.39 is 5.92 Å². The summed E-state index contributed by atoms with van der Waals surface area (Å²) < 4.78 is 0. The van der Waals surface area contributed by atoms with E-state index in [9.17, 15) is 15.2 Å². The lowest BCUT2D eigenvalue weighted by atomic mass is 9.89. The Balaban J connectivity index is 2.49. The highest BCUT2D eigenvalue weighted by Gasteiger charge is 2.23. The Kier molecular flexibility index (Phi) is 4.03. The van der Waals surface area contributed by atoms with Gasteiger partial charge < -0.3 is 5.11 Å². The van der Waals surface area contributed by atoms with Crippen molar-refractivity contribution in [3.8, 4) is 5.75 Å². The second-order valence-corrected chi connectivity index (χ2v) is 5.04. The van der Waals surface area contributed by atoms with E-state index in [1.54, 1.807) is 12.1 Å². The van der Waals surface area contributed by atoms with Gasteiger partial charge in [0.05, 0.1) is 5.92 Å². The van der Waals surface area contributed by atoms with Crippen LogP contribution in [-0.4, -0.2) is 16.6 Å². The Bertz CT molecular complexity index is 620. The molecule has 4 nitrogen and oxygen atoms in total. The molecule has 2 rings (SSSR count). The second-order valence-electron chi connectivity index (χ2n) is 5.04. The predicted octanol–water partition coefficient (Wildman–Crippen LogP) is 3.42. The minimum Gasteiger partial charge on any atom is -0.508 e. The number of aromatic hydroxyl groups is 1. The van der Waals surface area contributed by atoms with Crippen LogP contribution < -0.4 is 0 Å². The minimum absolute atomic E-state index is 0.100. The summed E-state index contributed by atoms with van der Waals surface area (Å²) in [5.74, 6) is -0.339. The fraction of sp³-hybridized carbons (Fsp3) is 0.250. The van der Waals surface area contributed by atoms with E-state index in [1.807, 2.05) is 44.2 Å². The Morgan fingerprint density at radius 3 is 2.30 bits per heavy atom. The highest BCUT2D eigenvalue weighted by atomic mass is 16.6. The molecular weight excluding hydrogens is 254 g/mol. The molecule has 0 saturated carbocycles. The van der Waals surface area contributed by atoms with Crippen molar-refractivity contribution in [2.45, 2.75) is 19.8 Å². The van der Waals surface area contributed by atoms with Gasteiger partial charge in [-0.2, -0.15) is 0 Å². The number of phenols is 1. The van der Waals surface area contributed by atoms with Gasteiger partial charge >= 0.3 is 0 Å².